The van der Waals surface area contributed by atoms with Crippen LogP contribution in [0.1, 0.15) is 88.5 Å². The number of piperidine rings is 1. The molecule has 0 spiro atoms. The summed E-state index contributed by atoms with van der Waals surface area (Å²) >= 11 is 0. The van der Waals surface area contributed by atoms with Gasteiger partial charge in [-0.3, -0.25) is 19.2 Å². The van der Waals surface area contributed by atoms with Gasteiger partial charge < -0.3 is 26.6 Å². The zero-order chi connectivity index (χ0) is 33.7. The third-order valence-corrected chi connectivity index (χ3v) is 12.4. The van der Waals surface area contributed by atoms with E-state index in [1.807, 2.05) is 27.7 Å². The highest BCUT2D eigenvalue weighted by Crippen LogP contribution is 2.65. The van der Waals surface area contributed by atoms with Gasteiger partial charge in [0.2, 0.25) is 17.6 Å². The smallest absolute Gasteiger partial charge is 0.315 e. The Morgan fingerprint density at radius 2 is 1.52 bits per heavy atom. The summed E-state index contributed by atoms with van der Waals surface area (Å²) in [6.07, 6.45) is 2.13. The minimum absolute atomic E-state index is 0.0540. The van der Waals surface area contributed by atoms with E-state index in [4.69, 9.17) is 5.73 Å². The molecule has 2 aliphatic carbocycles. The second kappa shape index (κ2) is 12.2. The van der Waals surface area contributed by atoms with Crippen molar-refractivity contribution in [1.82, 2.24) is 20.9 Å². The van der Waals surface area contributed by atoms with Crippen molar-refractivity contribution >= 4 is 39.4 Å². The highest BCUT2D eigenvalue weighted by atomic mass is 32.2. The van der Waals surface area contributed by atoms with E-state index in [0.717, 1.165) is 12.8 Å². The van der Waals surface area contributed by atoms with Gasteiger partial charge in [-0.05, 0) is 61.7 Å². The molecule has 44 heavy (non-hydrogen) atoms. The van der Waals surface area contributed by atoms with E-state index in [2.05, 4.69) is 16.0 Å². The molecule has 1 heterocycles. The summed E-state index contributed by atoms with van der Waals surface area (Å²) in [6, 6.07) is -4.35. The first-order valence-corrected chi connectivity index (χ1v) is 17.3. The number of carbonyl (C=O) groups excluding carboxylic acids is 5. The summed E-state index contributed by atoms with van der Waals surface area (Å²) in [4.78, 5) is 67.0. The van der Waals surface area contributed by atoms with E-state index in [1.165, 1.54) is 4.90 Å². The maximum atomic E-state index is 14.2. The van der Waals surface area contributed by atoms with Crippen molar-refractivity contribution in [2.75, 3.05) is 12.3 Å². The van der Waals surface area contributed by atoms with Crippen LogP contribution in [0.4, 0.5) is 4.79 Å². The largest absolute Gasteiger partial charge is 0.363 e. The Labute approximate surface area is 262 Å². The molecular formula is C31H53N5O7S. The second-order valence-corrected chi connectivity index (χ2v) is 18.8. The van der Waals surface area contributed by atoms with Crippen LogP contribution in [-0.4, -0.2) is 84.1 Å². The molecule has 6 atom stereocenters. The molecular weight excluding hydrogens is 586 g/mol. The van der Waals surface area contributed by atoms with Crippen molar-refractivity contribution < 1.29 is 32.4 Å². The molecule has 3 fully saturated rings. The monoisotopic (exact) mass is 639 g/mol. The molecule has 0 aromatic rings. The zero-order valence-electron chi connectivity index (χ0n) is 27.9. The van der Waals surface area contributed by atoms with Crippen LogP contribution in [0.3, 0.4) is 0 Å². The minimum atomic E-state index is -3.54. The zero-order valence-corrected chi connectivity index (χ0v) is 28.8. The number of rotatable bonds is 12. The number of carbonyl (C=O) groups is 5. The van der Waals surface area contributed by atoms with Crippen LogP contribution in [0.15, 0.2) is 0 Å². The van der Waals surface area contributed by atoms with Crippen molar-refractivity contribution in [1.29, 1.82) is 0 Å². The fraction of sp³-hybridized carbons (Fsp3) is 0.839. The number of nitrogens with zero attached hydrogens (tertiary/aromatic N) is 1. The third-order valence-electron chi connectivity index (χ3n) is 9.74. The van der Waals surface area contributed by atoms with Gasteiger partial charge in [0, 0.05) is 12.6 Å². The summed E-state index contributed by atoms with van der Waals surface area (Å²) in [5, 5.41) is 8.29. The summed E-state index contributed by atoms with van der Waals surface area (Å²) in [7, 11) is -3.54. The van der Waals surface area contributed by atoms with E-state index in [0.29, 0.717) is 13.0 Å². The molecule has 13 heteroatoms. The SMILES string of the molecule is CC(C)[C@@H](CS(=O)(=O)C(C)(C)C)NC(=O)N[C@H](C(=O)N1CC2[C@@H]([C@H]1C(=O)NC(CC1CC1)C(=O)C(N)=O)C2(C)C)C(C)(C)C. The minimum Gasteiger partial charge on any atom is -0.363 e. The summed E-state index contributed by atoms with van der Waals surface area (Å²) in [5.74, 6) is -3.25. The standard InChI is InChI=1S/C31H53N5O7S/c1-16(2)20(15-44(42,43)30(6,7)8)34-28(41)35-24(29(3,4)5)27(40)36-14-18-21(31(18,9)10)22(36)26(39)33-19(13-17-11-12-17)23(37)25(32)38/h16-22,24H,11-15H2,1-10H3,(H2,32,38)(H,33,39)(H2,34,35,41)/t18?,19?,20-,21+,22+,24-/m1/s1. The van der Waals surface area contributed by atoms with Crippen molar-refractivity contribution in [2.45, 2.75) is 117 Å². The van der Waals surface area contributed by atoms with Crippen LogP contribution >= 0.6 is 0 Å². The number of hydrogen-bond donors (Lipinski definition) is 4. The number of nitrogens with one attached hydrogen (secondary N) is 3. The van der Waals surface area contributed by atoms with E-state index in [-0.39, 0.29) is 34.8 Å². The average Bonchev–Trinajstić information content (AvgIpc) is 3.71. The van der Waals surface area contributed by atoms with Gasteiger partial charge in [-0.1, -0.05) is 61.3 Å². The van der Waals surface area contributed by atoms with Gasteiger partial charge in [0.05, 0.1) is 16.5 Å². The maximum Gasteiger partial charge on any atom is 0.315 e. The average molecular weight is 640 g/mol. The number of amides is 5. The van der Waals surface area contributed by atoms with Gasteiger partial charge in [-0.15, -0.1) is 0 Å². The van der Waals surface area contributed by atoms with E-state index in [1.54, 1.807) is 41.5 Å². The summed E-state index contributed by atoms with van der Waals surface area (Å²) in [6.45, 7) is 18.2. The fourth-order valence-corrected chi connectivity index (χ4v) is 7.64. The Kier molecular flexibility index (Phi) is 9.96. The van der Waals surface area contributed by atoms with E-state index < -0.39 is 73.7 Å². The molecule has 0 radical (unpaired) electrons. The van der Waals surface area contributed by atoms with Gasteiger partial charge in [0.1, 0.15) is 12.1 Å². The molecule has 5 amide bonds. The number of nitrogens with two attached hydrogens (primary N) is 1. The number of primary amides is 1. The van der Waals surface area contributed by atoms with Crippen molar-refractivity contribution in [3.8, 4) is 0 Å². The molecule has 0 bridgehead atoms. The lowest BCUT2D eigenvalue weighted by Gasteiger charge is -2.38. The second-order valence-electron chi connectivity index (χ2n) is 16.0. The van der Waals surface area contributed by atoms with Crippen molar-refractivity contribution in [2.24, 2.45) is 40.2 Å². The predicted octanol–water partition coefficient (Wildman–Crippen LogP) is 1.76. The number of sulfone groups is 1. The molecule has 3 aliphatic rings. The van der Waals surface area contributed by atoms with Crippen LogP contribution in [0.25, 0.3) is 0 Å². The quantitative estimate of drug-likeness (QED) is 0.234. The molecule has 1 aliphatic heterocycles. The molecule has 2 saturated carbocycles. The Morgan fingerprint density at radius 3 is 1.98 bits per heavy atom. The first kappa shape index (κ1) is 35.8. The number of urea groups is 1. The Balaban J connectivity index is 1.82. The van der Waals surface area contributed by atoms with Crippen molar-refractivity contribution in [3.63, 3.8) is 0 Å². The first-order chi connectivity index (χ1) is 19.9. The molecule has 3 rings (SSSR count). The van der Waals surface area contributed by atoms with Crippen molar-refractivity contribution in [3.05, 3.63) is 0 Å². The van der Waals surface area contributed by atoms with Crippen LogP contribution in [0.5, 0.6) is 0 Å². The normalized spacial score (nSPS) is 25.0. The Hall–Kier alpha value is -2.70. The topological polar surface area (TPSA) is 185 Å². The fourth-order valence-electron chi connectivity index (χ4n) is 6.20. The molecule has 12 nitrogen and oxygen atoms in total. The van der Waals surface area contributed by atoms with Gasteiger partial charge in [-0.2, -0.15) is 0 Å². The van der Waals surface area contributed by atoms with Gasteiger partial charge in [0.25, 0.3) is 5.91 Å². The van der Waals surface area contributed by atoms with Crippen LogP contribution in [0, 0.1) is 34.5 Å². The molecule has 1 saturated heterocycles. The number of ketones is 1. The molecule has 250 valence electrons. The lowest BCUT2D eigenvalue weighted by Crippen LogP contribution is -2.62. The highest BCUT2D eigenvalue weighted by molar-refractivity contribution is 7.92. The number of hydrogen-bond acceptors (Lipinski definition) is 7. The molecule has 5 N–H and O–H groups in total. The van der Waals surface area contributed by atoms with Gasteiger partial charge in [-0.25, -0.2) is 13.2 Å². The Morgan fingerprint density at radius 1 is 0.955 bits per heavy atom. The maximum absolute atomic E-state index is 14.2. The van der Waals surface area contributed by atoms with Gasteiger partial charge >= 0.3 is 6.03 Å². The number of fused-ring (bicyclic) bond motifs is 1. The van der Waals surface area contributed by atoms with Crippen LogP contribution < -0.4 is 21.7 Å². The molecule has 0 aromatic heterocycles. The predicted molar refractivity (Wildman–Crippen MR) is 167 cm³/mol. The highest BCUT2D eigenvalue weighted by Gasteiger charge is 2.70. The molecule has 0 aromatic carbocycles. The number of Topliss-reactive ketones (excluding diaryl/α,β-unsaturated/α-hetero) is 1. The summed E-state index contributed by atoms with van der Waals surface area (Å²) < 4.78 is 24.8. The lowest BCUT2D eigenvalue weighted by molar-refractivity contribution is -0.145. The summed E-state index contributed by atoms with van der Waals surface area (Å²) in [5.41, 5.74) is 4.30. The van der Waals surface area contributed by atoms with Crippen LogP contribution in [-0.2, 0) is 29.0 Å². The van der Waals surface area contributed by atoms with Crippen LogP contribution in [0.2, 0.25) is 0 Å². The van der Waals surface area contributed by atoms with E-state index in [9.17, 15) is 32.4 Å². The molecule has 2 unspecified atom stereocenters. The first-order valence-electron chi connectivity index (χ1n) is 15.6. The Bertz CT molecular complexity index is 1280. The number of likely N-dealkylation sites (tertiary alicyclic amines) is 1. The lowest BCUT2D eigenvalue weighted by atomic mass is 9.85. The third kappa shape index (κ3) is 7.74. The van der Waals surface area contributed by atoms with Gasteiger partial charge in [0.15, 0.2) is 9.84 Å². The van der Waals surface area contributed by atoms with E-state index >= 15 is 0 Å².